The minimum atomic E-state index is -1.15. The lowest BCUT2D eigenvalue weighted by Gasteiger charge is -2.33. The quantitative estimate of drug-likeness (QED) is 0.817. The van der Waals surface area contributed by atoms with Gasteiger partial charge in [-0.3, -0.25) is 19.3 Å². The highest BCUT2D eigenvalue weighted by Crippen LogP contribution is 2.42. The van der Waals surface area contributed by atoms with Crippen molar-refractivity contribution in [3.63, 3.8) is 0 Å². The summed E-state index contributed by atoms with van der Waals surface area (Å²) in [6.07, 6.45) is -0.220. The number of carboxylic acid groups (broad SMARTS) is 1. The van der Waals surface area contributed by atoms with E-state index in [1.54, 1.807) is 6.92 Å². The van der Waals surface area contributed by atoms with Crippen molar-refractivity contribution in [1.29, 1.82) is 0 Å². The summed E-state index contributed by atoms with van der Waals surface area (Å²) >= 11 is 0. The number of benzene rings is 1. The van der Waals surface area contributed by atoms with E-state index in [4.69, 9.17) is 14.6 Å². The molecule has 1 aromatic carbocycles. The van der Waals surface area contributed by atoms with Gasteiger partial charge in [0.05, 0.1) is 12.3 Å². The fourth-order valence-corrected chi connectivity index (χ4v) is 2.12. The van der Waals surface area contributed by atoms with Crippen LogP contribution in [0.5, 0.6) is 11.5 Å². The van der Waals surface area contributed by atoms with E-state index in [0.717, 1.165) is 4.90 Å². The van der Waals surface area contributed by atoms with Gasteiger partial charge >= 0.3 is 5.97 Å². The average molecular weight is 293 g/mol. The highest BCUT2D eigenvalue weighted by molar-refractivity contribution is 6.04. The van der Waals surface area contributed by atoms with E-state index in [0.29, 0.717) is 18.6 Å². The Morgan fingerprint density at radius 3 is 2.81 bits per heavy atom. The molecule has 1 unspecified atom stereocenters. The van der Waals surface area contributed by atoms with Gasteiger partial charge in [0.2, 0.25) is 0 Å². The van der Waals surface area contributed by atoms with Gasteiger partial charge in [-0.05, 0) is 26.0 Å². The van der Waals surface area contributed by atoms with Crippen LogP contribution in [0.25, 0.3) is 0 Å². The lowest BCUT2D eigenvalue weighted by molar-refractivity contribution is -0.137. The molecular weight excluding hydrogens is 278 g/mol. The first-order valence-electron chi connectivity index (χ1n) is 6.43. The summed E-state index contributed by atoms with van der Waals surface area (Å²) in [5.41, 5.74) is 0.507. The first-order valence-corrected chi connectivity index (χ1v) is 6.43. The van der Waals surface area contributed by atoms with E-state index in [2.05, 4.69) is 0 Å². The van der Waals surface area contributed by atoms with Crippen molar-refractivity contribution >= 4 is 23.9 Å². The molecule has 0 aliphatic carbocycles. The van der Waals surface area contributed by atoms with Crippen LogP contribution in [0.3, 0.4) is 0 Å². The maximum Gasteiger partial charge on any atom is 0.323 e. The zero-order chi connectivity index (χ0) is 15.6. The van der Waals surface area contributed by atoms with E-state index < -0.39 is 24.5 Å². The molecule has 0 aromatic heterocycles. The minimum Gasteiger partial charge on any atom is -0.490 e. The van der Waals surface area contributed by atoms with Crippen molar-refractivity contribution in [3.05, 3.63) is 17.7 Å². The maximum atomic E-state index is 12.1. The van der Waals surface area contributed by atoms with Crippen LogP contribution in [0.1, 0.15) is 24.2 Å². The second kappa shape index (κ2) is 5.82. The number of fused-ring (bicyclic) bond motifs is 1. The molecule has 1 N–H and O–H groups in total. The third-order valence-electron chi connectivity index (χ3n) is 2.99. The Labute approximate surface area is 121 Å². The molecule has 0 fully saturated rings. The highest BCUT2D eigenvalue weighted by atomic mass is 16.5. The molecule has 2 rings (SSSR count). The summed E-state index contributed by atoms with van der Waals surface area (Å²) in [5, 5.41) is 8.96. The molecular formula is C14H15NO6. The molecule has 0 radical (unpaired) electrons. The monoisotopic (exact) mass is 293 g/mol. The van der Waals surface area contributed by atoms with Crippen molar-refractivity contribution in [3.8, 4) is 11.5 Å². The number of carbonyl (C=O) groups excluding carboxylic acids is 2. The Hall–Kier alpha value is -2.57. The molecule has 1 amide bonds. The van der Waals surface area contributed by atoms with Crippen molar-refractivity contribution in [1.82, 2.24) is 0 Å². The molecule has 0 saturated heterocycles. The topological polar surface area (TPSA) is 93.1 Å². The van der Waals surface area contributed by atoms with Crippen molar-refractivity contribution < 1.29 is 29.0 Å². The third kappa shape index (κ3) is 2.81. The second-order valence-electron chi connectivity index (χ2n) is 4.50. The number of carboxylic acids is 1. The van der Waals surface area contributed by atoms with Gasteiger partial charge in [0, 0.05) is 5.56 Å². The number of rotatable bonds is 5. The number of carbonyl (C=O) groups is 3. The van der Waals surface area contributed by atoms with Gasteiger partial charge < -0.3 is 14.6 Å². The normalized spacial score (nSPS) is 17.0. The summed E-state index contributed by atoms with van der Waals surface area (Å²) < 4.78 is 10.9. The lowest BCUT2D eigenvalue weighted by atomic mass is 10.1. The molecule has 0 bridgehead atoms. The summed E-state index contributed by atoms with van der Waals surface area (Å²) in [6.45, 7) is 3.14. The van der Waals surface area contributed by atoms with E-state index in [9.17, 15) is 14.4 Å². The predicted molar refractivity (Wildman–Crippen MR) is 73.1 cm³/mol. The van der Waals surface area contributed by atoms with Crippen LogP contribution in [0.4, 0.5) is 5.69 Å². The fourth-order valence-electron chi connectivity index (χ4n) is 2.12. The fraction of sp³-hybridized carbons (Fsp3) is 0.357. The first kappa shape index (κ1) is 14.8. The van der Waals surface area contributed by atoms with Crippen LogP contribution in [0.2, 0.25) is 0 Å². The first-order chi connectivity index (χ1) is 9.97. The van der Waals surface area contributed by atoms with Gasteiger partial charge in [-0.1, -0.05) is 0 Å². The Morgan fingerprint density at radius 1 is 1.52 bits per heavy atom. The molecule has 0 spiro atoms. The third-order valence-corrected chi connectivity index (χ3v) is 2.99. The number of amides is 1. The number of ether oxygens (including phenoxy) is 2. The van der Waals surface area contributed by atoms with E-state index in [-0.39, 0.29) is 17.0 Å². The molecule has 7 heteroatoms. The Bertz CT molecular complexity index is 597. The van der Waals surface area contributed by atoms with Gasteiger partial charge in [0.25, 0.3) is 5.91 Å². The standard InChI is InChI=1S/C14H15NO6/c1-3-20-11-5-9(7-16)4-10-13(11)21-8(2)14(19)15(10)6-12(17)18/h4-5,7-8H,3,6H2,1-2H3,(H,17,18). The zero-order valence-electron chi connectivity index (χ0n) is 11.7. The van der Waals surface area contributed by atoms with Gasteiger partial charge in [0.15, 0.2) is 17.6 Å². The van der Waals surface area contributed by atoms with Crippen molar-refractivity contribution in [2.75, 3.05) is 18.1 Å². The smallest absolute Gasteiger partial charge is 0.323 e. The Morgan fingerprint density at radius 2 is 2.24 bits per heavy atom. The van der Waals surface area contributed by atoms with Gasteiger partial charge in [-0.25, -0.2) is 0 Å². The summed E-state index contributed by atoms with van der Waals surface area (Å²) in [6, 6.07) is 2.91. The van der Waals surface area contributed by atoms with Crippen LogP contribution < -0.4 is 14.4 Å². The summed E-state index contributed by atoms with van der Waals surface area (Å²) in [5.74, 6) is -1.05. The van der Waals surface area contributed by atoms with Gasteiger partial charge in [-0.15, -0.1) is 0 Å². The number of aldehydes is 1. The number of aliphatic carboxylic acids is 1. The Balaban J connectivity index is 2.59. The summed E-state index contributed by atoms with van der Waals surface area (Å²) in [7, 11) is 0. The van der Waals surface area contributed by atoms with Crippen LogP contribution in [-0.4, -0.2) is 42.5 Å². The largest absolute Gasteiger partial charge is 0.490 e. The summed E-state index contributed by atoms with van der Waals surface area (Å²) in [4.78, 5) is 35.2. The SMILES string of the molecule is CCOc1cc(C=O)cc2c1OC(C)C(=O)N2CC(=O)O. The Kier molecular flexibility index (Phi) is 4.11. The van der Waals surface area contributed by atoms with E-state index >= 15 is 0 Å². The number of hydrogen-bond acceptors (Lipinski definition) is 5. The number of anilines is 1. The molecule has 0 saturated carbocycles. The average Bonchev–Trinajstić information content (AvgIpc) is 2.44. The molecule has 7 nitrogen and oxygen atoms in total. The molecule has 1 atom stereocenters. The minimum absolute atomic E-state index is 0.230. The second-order valence-corrected chi connectivity index (χ2v) is 4.50. The lowest BCUT2D eigenvalue weighted by Crippen LogP contribution is -2.46. The van der Waals surface area contributed by atoms with Crippen molar-refractivity contribution in [2.45, 2.75) is 20.0 Å². The molecule has 112 valence electrons. The van der Waals surface area contributed by atoms with Crippen LogP contribution in [0, 0.1) is 0 Å². The molecule has 1 aliphatic heterocycles. The molecule has 1 aliphatic rings. The van der Waals surface area contributed by atoms with Crippen molar-refractivity contribution in [2.24, 2.45) is 0 Å². The van der Waals surface area contributed by atoms with E-state index in [1.165, 1.54) is 19.1 Å². The van der Waals surface area contributed by atoms with Crippen LogP contribution in [-0.2, 0) is 9.59 Å². The van der Waals surface area contributed by atoms with Crippen LogP contribution >= 0.6 is 0 Å². The number of nitrogens with zero attached hydrogens (tertiary/aromatic N) is 1. The predicted octanol–water partition coefficient (Wildman–Crippen LogP) is 1.10. The maximum absolute atomic E-state index is 12.1. The molecule has 1 aromatic rings. The van der Waals surface area contributed by atoms with Gasteiger partial charge in [0.1, 0.15) is 12.8 Å². The zero-order valence-corrected chi connectivity index (χ0v) is 11.7. The van der Waals surface area contributed by atoms with Crippen LogP contribution in [0.15, 0.2) is 12.1 Å². The molecule has 21 heavy (non-hydrogen) atoms. The molecule has 1 heterocycles. The highest BCUT2D eigenvalue weighted by Gasteiger charge is 2.35. The van der Waals surface area contributed by atoms with Gasteiger partial charge in [-0.2, -0.15) is 0 Å². The van der Waals surface area contributed by atoms with E-state index in [1.807, 2.05) is 0 Å². The number of hydrogen-bond donors (Lipinski definition) is 1.